The van der Waals surface area contributed by atoms with E-state index in [1.54, 1.807) is 0 Å². The van der Waals surface area contributed by atoms with E-state index >= 15 is 0 Å². The van der Waals surface area contributed by atoms with Gasteiger partial charge in [-0.05, 0) is 39.9 Å². The Morgan fingerprint density at radius 2 is 1.33 bits per heavy atom. The summed E-state index contributed by atoms with van der Waals surface area (Å²) in [6.45, 7) is 0. The Morgan fingerprint density at radius 1 is 0.667 bits per heavy atom. The van der Waals surface area contributed by atoms with Crippen molar-refractivity contribution in [3.63, 3.8) is 0 Å². The van der Waals surface area contributed by atoms with Gasteiger partial charge < -0.3 is 11.5 Å². The zero-order chi connectivity index (χ0) is 14.4. The molecule has 0 radical (unpaired) electrons. The van der Waals surface area contributed by atoms with Gasteiger partial charge in [0.2, 0.25) is 0 Å². The average Bonchev–Trinajstić information content (AvgIpc) is 2.79. The highest BCUT2D eigenvalue weighted by molar-refractivity contribution is 5.84. The highest BCUT2D eigenvalue weighted by Gasteiger charge is 2.41. The normalized spacial score (nSPS) is 19.1. The lowest BCUT2D eigenvalue weighted by molar-refractivity contribution is 0.672. The summed E-state index contributed by atoms with van der Waals surface area (Å²) in [6, 6.07) is 24.6. The highest BCUT2D eigenvalue weighted by atomic mass is 14.8. The van der Waals surface area contributed by atoms with E-state index in [1.165, 1.54) is 11.1 Å². The summed E-state index contributed by atoms with van der Waals surface area (Å²) in [5.74, 6) is 0. The monoisotopic (exact) mass is 272 g/mol. The number of hydrogen-bond acceptors (Lipinski definition) is 2. The van der Waals surface area contributed by atoms with Crippen LogP contribution in [-0.2, 0) is 5.54 Å². The van der Waals surface area contributed by atoms with Gasteiger partial charge in [-0.1, -0.05) is 60.7 Å². The fourth-order valence-corrected chi connectivity index (χ4v) is 3.34. The maximum Gasteiger partial charge on any atom is 0.0935 e. The van der Waals surface area contributed by atoms with Crippen LogP contribution in [0, 0.1) is 0 Å². The predicted octanol–water partition coefficient (Wildman–Crippen LogP) is 3.50. The van der Waals surface area contributed by atoms with Crippen molar-refractivity contribution < 1.29 is 0 Å². The Labute approximate surface area is 124 Å². The Hall–Kier alpha value is -2.58. The first-order valence-electron chi connectivity index (χ1n) is 7.05. The van der Waals surface area contributed by atoms with E-state index in [2.05, 4.69) is 36.4 Å². The summed E-state index contributed by atoms with van der Waals surface area (Å²) in [5.41, 5.74) is 18.7. The van der Waals surface area contributed by atoms with Crippen molar-refractivity contribution in [3.8, 4) is 11.1 Å². The van der Waals surface area contributed by atoms with E-state index in [-0.39, 0.29) is 0 Å². The van der Waals surface area contributed by atoms with E-state index in [0.717, 1.165) is 22.4 Å². The molecule has 2 heteroatoms. The van der Waals surface area contributed by atoms with Crippen LogP contribution in [-0.4, -0.2) is 0 Å². The lowest BCUT2D eigenvalue weighted by Crippen LogP contribution is -2.37. The van der Waals surface area contributed by atoms with Gasteiger partial charge in [0.15, 0.2) is 0 Å². The van der Waals surface area contributed by atoms with Crippen molar-refractivity contribution in [1.29, 1.82) is 0 Å². The molecule has 2 nitrogen and oxygen atoms in total. The summed E-state index contributed by atoms with van der Waals surface area (Å²) >= 11 is 0. The predicted molar refractivity (Wildman–Crippen MR) is 86.8 cm³/mol. The number of benzene rings is 3. The van der Waals surface area contributed by atoms with Crippen LogP contribution in [0.15, 0.2) is 72.8 Å². The van der Waals surface area contributed by atoms with Gasteiger partial charge in [0.25, 0.3) is 0 Å². The van der Waals surface area contributed by atoms with E-state index in [0.29, 0.717) is 0 Å². The van der Waals surface area contributed by atoms with Crippen molar-refractivity contribution >= 4 is 5.69 Å². The quantitative estimate of drug-likeness (QED) is 0.666. The van der Waals surface area contributed by atoms with Gasteiger partial charge in [0.1, 0.15) is 0 Å². The minimum atomic E-state index is -0.636. The lowest BCUT2D eigenvalue weighted by Gasteiger charge is -2.28. The van der Waals surface area contributed by atoms with Crippen LogP contribution in [0.1, 0.15) is 16.7 Å². The second-order valence-corrected chi connectivity index (χ2v) is 5.52. The first kappa shape index (κ1) is 12.2. The third-order valence-corrected chi connectivity index (χ3v) is 4.34. The van der Waals surface area contributed by atoms with Crippen molar-refractivity contribution in [2.45, 2.75) is 5.54 Å². The van der Waals surface area contributed by atoms with E-state index in [9.17, 15) is 0 Å². The molecule has 0 heterocycles. The second-order valence-electron chi connectivity index (χ2n) is 5.52. The van der Waals surface area contributed by atoms with Crippen LogP contribution in [0.25, 0.3) is 11.1 Å². The maximum atomic E-state index is 6.92. The molecular formula is C19H16N2. The first-order valence-corrected chi connectivity index (χ1v) is 7.05. The molecule has 1 aliphatic rings. The van der Waals surface area contributed by atoms with Gasteiger partial charge in [-0.3, -0.25) is 0 Å². The fraction of sp³-hybridized carbons (Fsp3) is 0.0526. The standard InChI is InChI=1S/C19H16N2/c20-14-10-11-16-15-8-4-5-9-17(15)19(21,18(16)12-14)13-6-2-1-3-7-13/h1-12H,20-21H2. The van der Waals surface area contributed by atoms with Crippen molar-refractivity contribution in [2.75, 3.05) is 5.73 Å². The molecule has 3 aromatic carbocycles. The number of anilines is 1. The summed E-state index contributed by atoms with van der Waals surface area (Å²) < 4.78 is 0. The van der Waals surface area contributed by atoms with Crippen LogP contribution in [0.2, 0.25) is 0 Å². The third kappa shape index (κ3) is 1.57. The maximum absolute atomic E-state index is 6.92. The second kappa shape index (κ2) is 4.21. The molecule has 0 aliphatic heterocycles. The van der Waals surface area contributed by atoms with Crippen LogP contribution < -0.4 is 11.5 Å². The minimum absolute atomic E-state index is 0.636. The molecule has 1 aliphatic carbocycles. The molecule has 0 saturated carbocycles. The Bertz CT molecular complexity index is 824. The molecule has 0 aromatic heterocycles. The molecule has 4 rings (SSSR count). The fourth-order valence-electron chi connectivity index (χ4n) is 3.34. The van der Waals surface area contributed by atoms with Gasteiger partial charge in [-0.15, -0.1) is 0 Å². The van der Waals surface area contributed by atoms with E-state index in [1.807, 2.05) is 36.4 Å². The van der Waals surface area contributed by atoms with Gasteiger partial charge in [-0.25, -0.2) is 0 Å². The summed E-state index contributed by atoms with van der Waals surface area (Å²) in [4.78, 5) is 0. The van der Waals surface area contributed by atoms with Crippen LogP contribution in [0.5, 0.6) is 0 Å². The number of nitrogens with two attached hydrogens (primary N) is 2. The van der Waals surface area contributed by atoms with Gasteiger partial charge in [0, 0.05) is 5.69 Å². The molecule has 0 fully saturated rings. The largest absolute Gasteiger partial charge is 0.399 e. The molecule has 0 bridgehead atoms. The Balaban J connectivity index is 2.10. The minimum Gasteiger partial charge on any atom is -0.399 e. The van der Waals surface area contributed by atoms with Gasteiger partial charge >= 0.3 is 0 Å². The number of rotatable bonds is 1. The van der Waals surface area contributed by atoms with Crippen LogP contribution in [0.4, 0.5) is 5.69 Å². The molecular weight excluding hydrogens is 256 g/mol. The molecule has 3 aromatic rings. The van der Waals surface area contributed by atoms with Crippen molar-refractivity contribution in [1.82, 2.24) is 0 Å². The first-order chi connectivity index (χ1) is 10.2. The molecule has 4 N–H and O–H groups in total. The number of nitrogen functional groups attached to an aromatic ring is 1. The van der Waals surface area contributed by atoms with E-state index < -0.39 is 5.54 Å². The van der Waals surface area contributed by atoms with E-state index in [4.69, 9.17) is 11.5 Å². The third-order valence-electron chi connectivity index (χ3n) is 4.34. The SMILES string of the molecule is Nc1ccc2c(c1)C(N)(c1ccccc1)c1ccccc1-2. The molecule has 102 valence electrons. The highest BCUT2D eigenvalue weighted by Crippen LogP contribution is 2.49. The number of fused-ring (bicyclic) bond motifs is 3. The number of hydrogen-bond donors (Lipinski definition) is 2. The molecule has 0 saturated heterocycles. The molecule has 0 spiro atoms. The summed E-state index contributed by atoms with van der Waals surface area (Å²) in [6.07, 6.45) is 0. The molecule has 1 atom stereocenters. The summed E-state index contributed by atoms with van der Waals surface area (Å²) in [7, 11) is 0. The van der Waals surface area contributed by atoms with Gasteiger partial charge in [0.05, 0.1) is 5.54 Å². The van der Waals surface area contributed by atoms with Crippen molar-refractivity contribution in [3.05, 3.63) is 89.5 Å². The smallest absolute Gasteiger partial charge is 0.0935 e. The molecule has 1 unspecified atom stereocenters. The lowest BCUT2D eigenvalue weighted by atomic mass is 9.81. The Kier molecular flexibility index (Phi) is 2.44. The van der Waals surface area contributed by atoms with Crippen LogP contribution in [0.3, 0.4) is 0 Å². The molecule has 0 amide bonds. The van der Waals surface area contributed by atoms with Crippen LogP contribution >= 0.6 is 0 Å². The summed E-state index contributed by atoms with van der Waals surface area (Å²) in [5, 5.41) is 0. The zero-order valence-electron chi connectivity index (χ0n) is 11.6. The topological polar surface area (TPSA) is 52.0 Å². The molecule has 21 heavy (non-hydrogen) atoms. The average molecular weight is 272 g/mol. The van der Waals surface area contributed by atoms with Crippen molar-refractivity contribution in [2.24, 2.45) is 5.73 Å². The van der Waals surface area contributed by atoms with Gasteiger partial charge in [-0.2, -0.15) is 0 Å². The zero-order valence-corrected chi connectivity index (χ0v) is 11.6. The Morgan fingerprint density at radius 3 is 2.14 bits per heavy atom.